The van der Waals surface area contributed by atoms with Crippen molar-refractivity contribution in [2.24, 2.45) is 0 Å². The average molecular weight is 378 g/mol. The number of fused-ring (bicyclic) bond motifs is 1. The number of aromatic amines is 1. The van der Waals surface area contributed by atoms with Crippen molar-refractivity contribution in [3.63, 3.8) is 0 Å². The van der Waals surface area contributed by atoms with E-state index < -0.39 is 0 Å². The van der Waals surface area contributed by atoms with Crippen LogP contribution >= 0.6 is 11.6 Å². The highest BCUT2D eigenvalue weighted by molar-refractivity contribution is 6.30. The van der Waals surface area contributed by atoms with Gasteiger partial charge in [-0.3, -0.25) is 0 Å². The molecule has 0 bridgehead atoms. The number of halogens is 1. The lowest BCUT2D eigenvalue weighted by Crippen LogP contribution is -2.08. The third kappa shape index (κ3) is 4.04. The van der Waals surface area contributed by atoms with Gasteiger partial charge in [-0.2, -0.15) is 4.98 Å². The number of aryl methyl sites for hydroxylation is 1. The van der Waals surface area contributed by atoms with Crippen molar-refractivity contribution in [2.45, 2.75) is 13.3 Å². The molecule has 6 heteroatoms. The molecule has 5 nitrogen and oxygen atoms in total. The Kier molecular flexibility index (Phi) is 4.94. The Bertz CT molecular complexity index is 1070. The lowest BCUT2D eigenvalue weighted by Gasteiger charge is -2.10. The van der Waals surface area contributed by atoms with Crippen molar-refractivity contribution < 1.29 is 0 Å². The minimum Gasteiger partial charge on any atom is -0.361 e. The van der Waals surface area contributed by atoms with Crippen molar-refractivity contribution in [1.29, 1.82) is 0 Å². The largest absolute Gasteiger partial charge is 0.361 e. The zero-order valence-corrected chi connectivity index (χ0v) is 15.7. The normalized spacial score (nSPS) is 10.9. The summed E-state index contributed by atoms with van der Waals surface area (Å²) < 4.78 is 0. The van der Waals surface area contributed by atoms with Crippen molar-refractivity contribution in [1.82, 2.24) is 15.0 Å². The minimum absolute atomic E-state index is 0.603. The predicted molar refractivity (Wildman–Crippen MR) is 112 cm³/mol. The Hall–Kier alpha value is -3.05. The van der Waals surface area contributed by atoms with Crippen LogP contribution in [0.5, 0.6) is 0 Å². The number of H-pyrrole nitrogens is 1. The molecule has 0 fully saturated rings. The number of nitrogens with zero attached hydrogens (tertiary/aromatic N) is 2. The summed E-state index contributed by atoms with van der Waals surface area (Å²) in [5.74, 6) is 1.34. The number of aromatic nitrogens is 3. The van der Waals surface area contributed by atoms with Gasteiger partial charge in [0, 0.05) is 40.6 Å². The zero-order chi connectivity index (χ0) is 18.6. The van der Waals surface area contributed by atoms with Gasteiger partial charge in [0.15, 0.2) is 0 Å². The summed E-state index contributed by atoms with van der Waals surface area (Å²) in [5.41, 5.74) is 4.48. The van der Waals surface area contributed by atoms with E-state index in [1.54, 1.807) is 6.20 Å². The van der Waals surface area contributed by atoms with E-state index >= 15 is 0 Å². The molecule has 2 heterocycles. The highest BCUT2D eigenvalue weighted by Gasteiger charge is 2.05. The molecule has 0 aliphatic rings. The predicted octanol–water partition coefficient (Wildman–Crippen LogP) is 5.32. The SMILES string of the molecule is Cc1cc(Cl)ccc1Nc1ccnc(NCCc2c[nH]c3ccccc23)n1. The van der Waals surface area contributed by atoms with E-state index in [0.717, 1.165) is 40.6 Å². The third-order valence-corrected chi connectivity index (χ3v) is 4.69. The molecule has 27 heavy (non-hydrogen) atoms. The fraction of sp³-hybridized carbons (Fsp3) is 0.143. The number of hydrogen-bond donors (Lipinski definition) is 3. The van der Waals surface area contributed by atoms with Crippen LogP contribution in [0.2, 0.25) is 5.02 Å². The minimum atomic E-state index is 0.603. The molecule has 3 N–H and O–H groups in total. The van der Waals surface area contributed by atoms with Crippen LogP contribution in [0.3, 0.4) is 0 Å². The first-order valence-electron chi connectivity index (χ1n) is 8.84. The second kappa shape index (κ2) is 7.68. The van der Waals surface area contributed by atoms with Crippen molar-refractivity contribution in [3.05, 3.63) is 77.1 Å². The first-order valence-corrected chi connectivity index (χ1v) is 9.22. The summed E-state index contributed by atoms with van der Waals surface area (Å²) in [6.45, 7) is 2.76. The second-order valence-electron chi connectivity index (χ2n) is 6.39. The highest BCUT2D eigenvalue weighted by atomic mass is 35.5. The van der Waals surface area contributed by atoms with Crippen LogP contribution in [0.4, 0.5) is 17.5 Å². The fourth-order valence-corrected chi connectivity index (χ4v) is 3.29. The number of hydrogen-bond acceptors (Lipinski definition) is 4. The molecule has 0 aliphatic carbocycles. The zero-order valence-electron chi connectivity index (χ0n) is 15.0. The molecular weight excluding hydrogens is 358 g/mol. The number of nitrogens with one attached hydrogen (secondary N) is 3. The first-order chi connectivity index (χ1) is 13.2. The van der Waals surface area contributed by atoms with E-state index in [1.165, 1.54) is 10.9 Å². The van der Waals surface area contributed by atoms with Gasteiger partial charge < -0.3 is 15.6 Å². The Morgan fingerprint density at radius 1 is 1.11 bits per heavy atom. The third-order valence-electron chi connectivity index (χ3n) is 4.46. The van der Waals surface area contributed by atoms with E-state index in [0.29, 0.717) is 5.95 Å². The van der Waals surface area contributed by atoms with Crippen LogP contribution in [-0.2, 0) is 6.42 Å². The molecule has 0 radical (unpaired) electrons. The summed E-state index contributed by atoms with van der Waals surface area (Å²) in [7, 11) is 0. The van der Waals surface area contributed by atoms with Crippen molar-refractivity contribution in [3.8, 4) is 0 Å². The molecule has 2 aromatic carbocycles. The van der Waals surface area contributed by atoms with E-state index in [4.69, 9.17) is 11.6 Å². The molecule has 136 valence electrons. The van der Waals surface area contributed by atoms with E-state index in [-0.39, 0.29) is 0 Å². The first kappa shape index (κ1) is 17.4. The standard InChI is InChI=1S/C21H20ClN5/c1-14-12-16(22)6-7-18(14)26-20-9-11-24-21(27-20)23-10-8-15-13-25-19-5-3-2-4-17(15)19/h2-7,9,11-13,25H,8,10H2,1H3,(H2,23,24,26,27). The molecule has 0 amide bonds. The number of para-hydroxylation sites is 1. The van der Waals surface area contributed by atoms with Gasteiger partial charge in [-0.15, -0.1) is 0 Å². The maximum atomic E-state index is 6.02. The van der Waals surface area contributed by atoms with Crippen LogP contribution in [0.1, 0.15) is 11.1 Å². The summed E-state index contributed by atoms with van der Waals surface area (Å²) in [5, 5.41) is 8.59. The second-order valence-corrected chi connectivity index (χ2v) is 6.82. The van der Waals surface area contributed by atoms with Crippen LogP contribution < -0.4 is 10.6 Å². The molecule has 0 spiro atoms. The maximum absolute atomic E-state index is 6.02. The van der Waals surface area contributed by atoms with E-state index in [2.05, 4.69) is 50.0 Å². The molecule has 2 aromatic heterocycles. The van der Waals surface area contributed by atoms with Crippen molar-refractivity contribution in [2.75, 3.05) is 17.2 Å². The molecule has 4 aromatic rings. The molecule has 4 rings (SSSR count). The van der Waals surface area contributed by atoms with E-state index in [1.807, 2.05) is 37.3 Å². The lowest BCUT2D eigenvalue weighted by atomic mass is 10.1. The van der Waals surface area contributed by atoms with Crippen molar-refractivity contribution >= 4 is 40.0 Å². The van der Waals surface area contributed by atoms with Gasteiger partial charge in [0.1, 0.15) is 5.82 Å². The number of benzene rings is 2. The van der Waals surface area contributed by atoms with Gasteiger partial charge >= 0.3 is 0 Å². The maximum Gasteiger partial charge on any atom is 0.224 e. The highest BCUT2D eigenvalue weighted by Crippen LogP contribution is 2.23. The Morgan fingerprint density at radius 3 is 2.89 bits per heavy atom. The quantitative estimate of drug-likeness (QED) is 0.425. The molecule has 0 saturated heterocycles. The smallest absolute Gasteiger partial charge is 0.224 e. The summed E-state index contributed by atoms with van der Waals surface area (Å²) >= 11 is 6.02. The van der Waals surface area contributed by atoms with Gasteiger partial charge in [0.2, 0.25) is 5.95 Å². The van der Waals surface area contributed by atoms with Gasteiger partial charge in [0.25, 0.3) is 0 Å². The molecule has 0 atom stereocenters. The molecule has 0 saturated carbocycles. The lowest BCUT2D eigenvalue weighted by molar-refractivity contribution is 0.991. The van der Waals surface area contributed by atoms with Crippen LogP contribution in [0.25, 0.3) is 10.9 Å². The van der Waals surface area contributed by atoms with Crippen LogP contribution in [-0.4, -0.2) is 21.5 Å². The van der Waals surface area contributed by atoms with Crippen LogP contribution in [0, 0.1) is 6.92 Å². The number of anilines is 3. The number of rotatable bonds is 6. The Morgan fingerprint density at radius 2 is 2.00 bits per heavy atom. The van der Waals surface area contributed by atoms with Gasteiger partial charge in [-0.1, -0.05) is 29.8 Å². The molecule has 0 unspecified atom stereocenters. The fourth-order valence-electron chi connectivity index (χ4n) is 3.07. The van der Waals surface area contributed by atoms with Gasteiger partial charge in [0.05, 0.1) is 0 Å². The average Bonchev–Trinajstić information content (AvgIpc) is 3.08. The summed E-state index contributed by atoms with van der Waals surface area (Å²) in [4.78, 5) is 12.2. The van der Waals surface area contributed by atoms with Gasteiger partial charge in [-0.05, 0) is 54.8 Å². The monoisotopic (exact) mass is 377 g/mol. The summed E-state index contributed by atoms with van der Waals surface area (Å²) in [6.07, 6.45) is 4.70. The van der Waals surface area contributed by atoms with Gasteiger partial charge in [-0.25, -0.2) is 4.98 Å². The Balaban J connectivity index is 1.40. The van der Waals surface area contributed by atoms with Crippen LogP contribution in [0.15, 0.2) is 60.9 Å². The molecule has 0 aliphatic heterocycles. The Labute approximate surface area is 162 Å². The van der Waals surface area contributed by atoms with E-state index in [9.17, 15) is 0 Å². The molecular formula is C21H20ClN5. The summed E-state index contributed by atoms with van der Waals surface area (Å²) in [6, 6.07) is 15.9. The topological polar surface area (TPSA) is 65.6 Å².